The molecule has 96 valence electrons. The van der Waals surface area contributed by atoms with E-state index in [1.807, 2.05) is 0 Å². The number of nitrogens with zero attached hydrogens (tertiary/aromatic N) is 2. The third-order valence-electron chi connectivity index (χ3n) is 3.75. The van der Waals surface area contributed by atoms with Gasteiger partial charge in [-0.2, -0.15) is 5.26 Å². The van der Waals surface area contributed by atoms with Gasteiger partial charge in [-0.3, -0.25) is 4.90 Å². The van der Waals surface area contributed by atoms with Gasteiger partial charge in [-0.1, -0.05) is 29.8 Å². The van der Waals surface area contributed by atoms with Crippen molar-refractivity contribution in [3.63, 3.8) is 0 Å². The smallest absolute Gasteiger partial charge is 0.104 e. The molecule has 18 heavy (non-hydrogen) atoms. The lowest BCUT2D eigenvalue weighted by atomic mass is 9.97. The molecule has 1 aliphatic rings. The first kappa shape index (κ1) is 13.5. The zero-order valence-electron chi connectivity index (χ0n) is 11.1. The molecular formula is C15H20N2S. The van der Waals surface area contributed by atoms with Gasteiger partial charge in [0, 0.05) is 19.6 Å². The van der Waals surface area contributed by atoms with Gasteiger partial charge in [0.05, 0.1) is 6.07 Å². The maximum atomic E-state index is 9.26. The summed E-state index contributed by atoms with van der Waals surface area (Å²) in [6, 6.07) is 11.2. The fourth-order valence-electron chi connectivity index (χ4n) is 2.50. The number of hydrogen-bond donors (Lipinski definition) is 0. The quantitative estimate of drug-likeness (QED) is 0.835. The van der Waals surface area contributed by atoms with Crippen LogP contribution >= 0.6 is 11.8 Å². The molecule has 1 aromatic rings. The maximum Gasteiger partial charge on any atom is 0.104 e. The second kappa shape index (κ2) is 5.77. The van der Waals surface area contributed by atoms with Gasteiger partial charge in [-0.15, -0.1) is 11.8 Å². The third kappa shape index (κ3) is 3.07. The third-order valence-corrected chi connectivity index (χ3v) is 5.03. The molecule has 1 heterocycles. The number of rotatable bonds is 3. The second-order valence-electron chi connectivity index (χ2n) is 5.08. The van der Waals surface area contributed by atoms with Gasteiger partial charge in [0.25, 0.3) is 0 Å². The first-order valence-electron chi connectivity index (χ1n) is 6.42. The van der Waals surface area contributed by atoms with Gasteiger partial charge in [-0.25, -0.2) is 0 Å². The van der Waals surface area contributed by atoms with E-state index in [0.29, 0.717) is 0 Å². The van der Waals surface area contributed by atoms with Crippen LogP contribution in [-0.4, -0.2) is 29.0 Å². The number of piperidine rings is 1. The van der Waals surface area contributed by atoms with Gasteiger partial charge in [0.2, 0.25) is 0 Å². The Morgan fingerprint density at radius 3 is 2.67 bits per heavy atom. The zero-order chi connectivity index (χ0) is 13.0. The normalized spacial score (nSPS) is 19.4. The van der Waals surface area contributed by atoms with Crippen molar-refractivity contribution in [2.75, 3.05) is 19.3 Å². The molecule has 0 radical (unpaired) electrons. The van der Waals surface area contributed by atoms with Crippen molar-refractivity contribution < 1.29 is 0 Å². The van der Waals surface area contributed by atoms with E-state index in [4.69, 9.17) is 0 Å². The van der Waals surface area contributed by atoms with Gasteiger partial charge < -0.3 is 0 Å². The first-order valence-corrected chi connectivity index (χ1v) is 7.64. The minimum absolute atomic E-state index is 0.136. The minimum atomic E-state index is -0.136. The largest absolute Gasteiger partial charge is 0.299 e. The van der Waals surface area contributed by atoms with E-state index in [1.54, 1.807) is 11.8 Å². The van der Waals surface area contributed by atoms with Crippen molar-refractivity contribution in [1.82, 2.24) is 4.90 Å². The van der Waals surface area contributed by atoms with E-state index >= 15 is 0 Å². The van der Waals surface area contributed by atoms with Gasteiger partial charge in [-0.05, 0) is 31.6 Å². The predicted molar refractivity (Wildman–Crippen MR) is 77.5 cm³/mol. The molecule has 0 atom stereocenters. The molecule has 0 aliphatic carbocycles. The number of thioether (sulfide) groups is 1. The lowest BCUT2D eigenvalue weighted by Gasteiger charge is -2.36. The molecule has 1 aromatic carbocycles. The molecule has 0 amide bonds. The van der Waals surface area contributed by atoms with Crippen LogP contribution in [0.4, 0.5) is 0 Å². The summed E-state index contributed by atoms with van der Waals surface area (Å²) in [5.74, 6) is 0. The highest BCUT2D eigenvalue weighted by Gasteiger charge is 2.33. The molecule has 3 heteroatoms. The molecule has 0 spiro atoms. The Hall–Kier alpha value is -0.980. The number of hydrogen-bond acceptors (Lipinski definition) is 3. The Labute approximate surface area is 114 Å². The molecule has 0 saturated carbocycles. The van der Waals surface area contributed by atoms with Gasteiger partial charge in [0.15, 0.2) is 0 Å². The number of likely N-dealkylation sites (tertiary alicyclic amines) is 1. The average molecular weight is 260 g/mol. The molecule has 2 rings (SSSR count). The lowest BCUT2D eigenvalue weighted by Crippen LogP contribution is -2.41. The molecule has 2 nitrogen and oxygen atoms in total. The number of aryl methyl sites for hydroxylation is 1. The van der Waals surface area contributed by atoms with Crippen molar-refractivity contribution in [2.45, 2.75) is 31.1 Å². The fraction of sp³-hybridized carbons (Fsp3) is 0.533. The van der Waals surface area contributed by atoms with Crippen LogP contribution in [0.1, 0.15) is 24.0 Å². The molecular weight excluding hydrogens is 240 g/mol. The van der Waals surface area contributed by atoms with Crippen LogP contribution in [0.3, 0.4) is 0 Å². The van der Waals surface area contributed by atoms with E-state index < -0.39 is 0 Å². The zero-order valence-corrected chi connectivity index (χ0v) is 12.0. The maximum absolute atomic E-state index is 9.26. The summed E-state index contributed by atoms with van der Waals surface area (Å²) >= 11 is 1.72. The van der Waals surface area contributed by atoms with Crippen LogP contribution in [-0.2, 0) is 6.54 Å². The highest BCUT2D eigenvalue weighted by Crippen LogP contribution is 2.34. The molecule has 1 saturated heterocycles. The summed E-state index contributed by atoms with van der Waals surface area (Å²) < 4.78 is -0.136. The van der Waals surface area contributed by atoms with Crippen LogP contribution in [0.5, 0.6) is 0 Å². The Morgan fingerprint density at radius 2 is 2.11 bits per heavy atom. The van der Waals surface area contributed by atoms with E-state index in [1.165, 1.54) is 11.1 Å². The van der Waals surface area contributed by atoms with E-state index in [-0.39, 0.29) is 4.75 Å². The van der Waals surface area contributed by atoms with Gasteiger partial charge >= 0.3 is 0 Å². The van der Waals surface area contributed by atoms with E-state index in [2.05, 4.69) is 48.4 Å². The SMILES string of the molecule is CSC1(C#N)CCN(Cc2cccc(C)c2)CC1. The minimum Gasteiger partial charge on any atom is -0.299 e. The van der Waals surface area contributed by atoms with Crippen LogP contribution in [0, 0.1) is 18.3 Å². The standard InChI is InChI=1S/C15H20N2S/c1-13-4-3-5-14(10-13)11-17-8-6-15(12-16,18-2)7-9-17/h3-5,10H,6-9,11H2,1-2H3. The fourth-order valence-corrected chi connectivity index (χ4v) is 3.18. The Kier molecular flexibility index (Phi) is 4.31. The Morgan fingerprint density at radius 1 is 1.39 bits per heavy atom. The highest BCUT2D eigenvalue weighted by atomic mass is 32.2. The summed E-state index contributed by atoms with van der Waals surface area (Å²) in [6.07, 6.45) is 4.02. The molecule has 0 aromatic heterocycles. The van der Waals surface area contributed by atoms with Crippen LogP contribution < -0.4 is 0 Å². The summed E-state index contributed by atoms with van der Waals surface area (Å²) in [4.78, 5) is 2.46. The summed E-state index contributed by atoms with van der Waals surface area (Å²) in [7, 11) is 0. The molecule has 0 bridgehead atoms. The van der Waals surface area contributed by atoms with E-state index in [9.17, 15) is 5.26 Å². The van der Waals surface area contributed by atoms with Crippen LogP contribution in [0.15, 0.2) is 24.3 Å². The summed E-state index contributed by atoms with van der Waals surface area (Å²) in [5, 5.41) is 9.26. The monoisotopic (exact) mass is 260 g/mol. The molecule has 1 fully saturated rings. The molecule has 0 unspecified atom stereocenters. The number of benzene rings is 1. The lowest BCUT2D eigenvalue weighted by molar-refractivity contribution is 0.209. The topological polar surface area (TPSA) is 27.0 Å². The Balaban J connectivity index is 1.93. The van der Waals surface area contributed by atoms with Crippen molar-refractivity contribution in [3.05, 3.63) is 35.4 Å². The van der Waals surface area contributed by atoms with Crippen molar-refractivity contribution in [3.8, 4) is 6.07 Å². The highest BCUT2D eigenvalue weighted by molar-refractivity contribution is 8.00. The molecule has 0 N–H and O–H groups in total. The number of nitriles is 1. The summed E-state index contributed by atoms with van der Waals surface area (Å²) in [6.45, 7) is 5.20. The predicted octanol–water partition coefficient (Wildman–Crippen LogP) is 3.22. The van der Waals surface area contributed by atoms with Crippen molar-refractivity contribution in [1.29, 1.82) is 5.26 Å². The Bertz CT molecular complexity index is 442. The van der Waals surface area contributed by atoms with Crippen molar-refractivity contribution in [2.24, 2.45) is 0 Å². The first-order chi connectivity index (χ1) is 8.67. The average Bonchev–Trinajstić information content (AvgIpc) is 2.40. The van der Waals surface area contributed by atoms with Crippen LogP contribution in [0.2, 0.25) is 0 Å². The summed E-state index contributed by atoms with van der Waals surface area (Å²) in [5.41, 5.74) is 2.70. The molecule has 1 aliphatic heterocycles. The van der Waals surface area contributed by atoms with Crippen molar-refractivity contribution >= 4 is 11.8 Å². The van der Waals surface area contributed by atoms with Crippen LogP contribution in [0.25, 0.3) is 0 Å². The van der Waals surface area contributed by atoms with E-state index in [0.717, 1.165) is 32.5 Å². The van der Waals surface area contributed by atoms with Gasteiger partial charge in [0.1, 0.15) is 4.75 Å². The second-order valence-corrected chi connectivity index (χ2v) is 6.27.